The van der Waals surface area contributed by atoms with Crippen molar-refractivity contribution in [1.29, 1.82) is 0 Å². The van der Waals surface area contributed by atoms with Crippen LogP contribution in [-0.4, -0.2) is 35.8 Å². The Morgan fingerprint density at radius 2 is 2.00 bits per heavy atom. The van der Waals surface area contributed by atoms with E-state index in [0.29, 0.717) is 25.1 Å². The molecule has 1 N–H and O–H groups in total. The van der Waals surface area contributed by atoms with Gasteiger partial charge in [0.2, 0.25) is 5.91 Å². The maximum absolute atomic E-state index is 12.6. The SMILES string of the molecule is CCC(=O)NC1CCN(C(=O)c2cc(C)ccc2Br)CC1. The van der Waals surface area contributed by atoms with Gasteiger partial charge in [0.05, 0.1) is 5.56 Å². The summed E-state index contributed by atoms with van der Waals surface area (Å²) in [5.41, 5.74) is 1.79. The summed E-state index contributed by atoms with van der Waals surface area (Å²) in [5, 5.41) is 3.00. The first-order chi connectivity index (χ1) is 10.0. The number of halogens is 1. The molecule has 0 bridgehead atoms. The molecular weight excluding hydrogens is 332 g/mol. The second-order valence-electron chi connectivity index (χ2n) is 5.47. The molecule has 1 heterocycles. The van der Waals surface area contributed by atoms with Crippen LogP contribution in [0.2, 0.25) is 0 Å². The minimum absolute atomic E-state index is 0.0610. The average molecular weight is 353 g/mol. The van der Waals surface area contributed by atoms with Gasteiger partial charge < -0.3 is 10.2 Å². The van der Waals surface area contributed by atoms with Crippen LogP contribution in [0.25, 0.3) is 0 Å². The van der Waals surface area contributed by atoms with Gasteiger partial charge in [-0.05, 0) is 47.8 Å². The summed E-state index contributed by atoms with van der Waals surface area (Å²) in [4.78, 5) is 25.8. The van der Waals surface area contributed by atoms with E-state index in [1.165, 1.54) is 0 Å². The van der Waals surface area contributed by atoms with Crippen molar-refractivity contribution < 1.29 is 9.59 Å². The highest BCUT2D eigenvalue weighted by Crippen LogP contribution is 2.22. The molecule has 0 aromatic heterocycles. The number of hydrogen-bond donors (Lipinski definition) is 1. The van der Waals surface area contributed by atoms with Gasteiger partial charge in [-0.2, -0.15) is 0 Å². The molecule has 1 aliphatic heterocycles. The number of aryl methyl sites for hydroxylation is 1. The smallest absolute Gasteiger partial charge is 0.255 e. The number of nitrogens with one attached hydrogen (secondary N) is 1. The summed E-state index contributed by atoms with van der Waals surface area (Å²) in [6.45, 7) is 5.21. The molecule has 2 rings (SSSR count). The van der Waals surface area contributed by atoms with E-state index < -0.39 is 0 Å². The van der Waals surface area contributed by atoms with Crippen LogP contribution in [0.15, 0.2) is 22.7 Å². The molecule has 1 aliphatic rings. The normalized spacial score (nSPS) is 15.9. The maximum Gasteiger partial charge on any atom is 0.255 e. The summed E-state index contributed by atoms with van der Waals surface area (Å²) in [6, 6.07) is 6.00. The Bertz CT molecular complexity index is 537. The Kier molecular flexibility index (Phi) is 5.39. The number of carbonyl (C=O) groups is 2. The van der Waals surface area contributed by atoms with Crippen LogP contribution in [-0.2, 0) is 4.79 Å². The molecule has 21 heavy (non-hydrogen) atoms. The van der Waals surface area contributed by atoms with Crippen molar-refractivity contribution in [3.05, 3.63) is 33.8 Å². The number of nitrogens with zero attached hydrogens (tertiary/aromatic N) is 1. The monoisotopic (exact) mass is 352 g/mol. The second-order valence-corrected chi connectivity index (χ2v) is 6.33. The molecule has 0 unspecified atom stereocenters. The van der Waals surface area contributed by atoms with Gasteiger partial charge in [-0.3, -0.25) is 9.59 Å². The van der Waals surface area contributed by atoms with Crippen LogP contribution in [0.1, 0.15) is 42.1 Å². The van der Waals surface area contributed by atoms with Crippen molar-refractivity contribution in [1.82, 2.24) is 10.2 Å². The average Bonchev–Trinajstić information content (AvgIpc) is 2.49. The maximum atomic E-state index is 12.6. The number of piperidine rings is 1. The van der Waals surface area contributed by atoms with Crippen LogP contribution >= 0.6 is 15.9 Å². The molecule has 1 saturated heterocycles. The van der Waals surface area contributed by atoms with Crippen molar-refractivity contribution in [3.63, 3.8) is 0 Å². The van der Waals surface area contributed by atoms with E-state index in [1.54, 1.807) is 0 Å². The minimum Gasteiger partial charge on any atom is -0.353 e. The van der Waals surface area contributed by atoms with Crippen LogP contribution in [0.3, 0.4) is 0 Å². The first-order valence-electron chi connectivity index (χ1n) is 7.36. The second kappa shape index (κ2) is 7.07. The topological polar surface area (TPSA) is 49.4 Å². The summed E-state index contributed by atoms with van der Waals surface area (Å²) >= 11 is 3.45. The quantitative estimate of drug-likeness (QED) is 0.909. The molecule has 1 fully saturated rings. The Labute approximate surface area is 134 Å². The summed E-state index contributed by atoms with van der Waals surface area (Å²) < 4.78 is 0.833. The molecule has 114 valence electrons. The number of benzene rings is 1. The number of rotatable bonds is 3. The zero-order chi connectivity index (χ0) is 15.4. The molecule has 2 amide bonds. The van der Waals surface area contributed by atoms with Gasteiger partial charge in [-0.15, -0.1) is 0 Å². The highest BCUT2D eigenvalue weighted by Gasteiger charge is 2.25. The summed E-state index contributed by atoms with van der Waals surface area (Å²) in [5.74, 6) is 0.145. The molecule has 0 spiro atoms. The highest BCUT2D eigenvalue weighted by atomic mass is 79.9. The van der Waals surface area contributed by atoms with Gasteiger partial charge >= 0.3 is 0 Å². The molecule has 0 saturated carbocycles. The van der Waals surface area contributed by atoms with Crippen molar-refractivity contribution in [2.24, 2.45) is 0 Å². The van der Waals surface area contributed by atoms with Gasteiger partial charge in [0, 0.05) is 30.0 Å². The van der Waals surface area contributed by atoms with Crippen LogP contribution in [0.5, 0.6) is 0 Å². The highest BCUT2D eigenvalue weighted by molar-refractivity contribution is 9.10. The lowest BCUT2D eigenvalue weighted by molar-refractivity contribution is -0.121. The standard InChI is InChI=1S/C16H21BrN2O2/c1-3-15(20)18-12-6-8-19(9-7-12)16(21)13-10-11(2)4-5-14(13)17/h4-5,10,12H,3,6-9H2,1-2H3,(H,18,20). The van der Waals surface area contributed by atoms with E-state index in [0.717, 1.165) is 22.9 Å². The molecule has 5 heteroatoms. The Hall–Kier alpha value is -1.36. The van der Waals surface area contributed by atoms with Crippen LogP contribution in [0, 0.1) is 6.92 Å². The van der Waals surface area contributed by atoms with Crippen LogP contribution < -0.4 is 5.32 Å². The predicted molar refractivity (Wildman–Crippen MR) is 86.2 cm³/mol. The lowest BCUT2D eigenvalue weighted by Crippen LogP contribution is -2.46. The largest absolute Gasteiger partial charge is 0.353 e. The molecular formula is C16H21BrN2O2. The van der Waals surface area contributed by atoms with E-state index in [2.05, 4.69) is 21.2 Å². The fourth-order valence-corrected chi connectivity index (χ4v) is 2.95. The molecule has 0 radical (unpaired) electrons. The third-order valence-corrected chi connectivity index (χ3v) is 4.51. The van der Waals surface area contributed by atoms with E-state index in [4.69, 9.17) is 0 Å². The van der Waals surface area contributed by atoms with Crippen molar-refractivity contribution in [2.75, 3.05) is 13.1 Å². The van der Waals surface area contributed by atoms with E-state index >= 15 is 0 Å². The zero-order valence-corrected chi connectivity index (χ0v) is 14.1. The number of amides is 2. The lowest BCUT2D eigenvalue weighted by Gasteiger charge is -2.32. The fraction of sp³-hybridized carbons (Fsp3) is 0.500. The molecule has 0 aliphatic carbocycles. The van der Waals surface area contributed by atoms with Crippen LogP contribution in [0.4, 0.5) is 0 Å². The third-order valence-electron chi connectivity index (χ3n) is 3.82. The molecule has 1 aromatic carbocycles. The zero-order valence-electron chi connectivity index (χ0n) is 12.5. The summed E-state index contributed by atoms with van der Waals surface area (Å²) in [6.07, 6.45) is 2.15. The lowest BCUT2D eigenvalue weighted by atomic mass is 10.0. The molecule has 4 nitrogen and oxygen atoms in total. The minimum atomic E-state index is 0.0610. The first kappa shape index (κ1) is 16.0. The number of likely N-dealkylation sites (tertiary alicyclic amines) is 1. The van der Waals surface area contributed by atoms with E-state index in [-0.39, 0.29) is 17.9 Å². The Morgan fingerprint density at radius 3 is 2.62 bits per heavy atom. The molecule has 0 atom stereocenters. The van der Waals surface area contributed by atoms with Crippen molar-refractivity contribution in [3.8, 4) is 0 Å². The third kappa shape index (κ3) is 4.06. The first-order valence-corrected chi connectivity index (χ1v) is 8.15. The van der Waals surface area contributed by atoms with Gasteiger partial charge in [0.25, 0.3) is 5.91 Å². The van der Waals surface area contributed by atoms with Gasteiger partial charge in [0.1, 0.15) is 0 Å². The number of hydrogen-bond acceptors (Lipinski definition) is 2. The molecule has 1 aromatic rings. The Balaban J connectivity index is 1.97. The van der Waals surface area contributed by atoms with Gasteiger partial charge in [-0.1, -0.05) is 18.6 Å². The van der Waals surface area contributed by atoms with E-state index in [1.807, 2.05) is 36.9 Å². The van der Waals surface area contributed by atoms with Gasteiger partial charge in [0.15, 0.2) is 0 Å². The van der Waals surface area contributed by atoms with Gasteiger partial charge in [-0.25, -0.2) is 0 Å². The Morgan fingerprint density at radius 1 is 1.33 bits per heavy atom. The fourth-order valence-electron chi connectivity index (χ4n) is 2.53. The van der Waals surface area contributed by atoms with Crippen molar-refractivity contribution >= 4 is 27.7 Å². The summed E-state index contributed by atoms with van der Waals surface area (Å²) in [7, 11) is 0. The predicted octanol–water partition coefficient (Wildman–Crippen LogP) is 2.89. The van der Waals surface area contributed by atoms with Crippen molar-refractivity contribution in [2.45, 2.75) is 39.2 Å². The number of carbonyl (C=O) groups excluding carboxylic acids is 2. The van der Waals surface area contributed by atoms with E-state index in [9.17, 15) is 9.59 Å².